The molecule has 0 aliphatic rings. The largest absolute Gasteiger partial charge is 0.493 e. The van der Waals surface area contributed by atoms with Gasteiger partial charge in [-0.15, -0.1) is 0 Å². The molecule has 0 bridgehead atoms. The predicted molar refractivity (Wildman–Crippen MR) is 57.7 cm³/mol. The van der Waals surface area contributed by atoms with Gasteiger partial charge in [-0.3, -0.25) is 9.59 Å². The summed E-state index contributed by atoms with van der Waals surface area (Å²) in [5, 5.41) is 0. The van der Waals surface area contributed by atoms with Gasteiger partial charge in [0.05, 0.1) is 12.2 Å². The molecule has 0 saturated heterocycles. The standard InChI is InChI=1S/C12H14O3/c1-4-15-11-6-8(2)5-10(7-13)12(11)9(3)14/h5-7H,4H2,1-3H3. The lowest BCUT2D eigenvalue weighted by Crippen LogP contribution is -2.05. The number of hydrogen-bond acceptors (Lipinski definition) is 3. The molecule has 0 amide bonds. The van der Waals surface area contributed by atoms with Crippen LogP contribution in [0.1, 0.15) is 40.1 Å². The Morgan fingerprint density at radius 3 is 2.60 bits per heavy atom. The number of aryl methyl sites for hydroxylation is 1. The van der Waals surface area contributed by atoms with Crippen molar-refractivity contribution in [1.82, 2.24) is 0 Å². The lowest BCUT2D eigenvalue weighted by molar-refractivity contribution is 0.100. The molecule has 0 N–H and O–H groups in total. The van der Waals surface area contributed by atoms with Crippen molar-refractivity contribution in [2.75, 3.05) is 6.61 Å². The number of carbonyl (C=O) groups is 2. The van der Waals surface area contributed by atoms with Crippen LogP contribution in [-0.2, 0) is 0 Å². The molecular weight excluding hydrogens is 192 g/mol. The summed E-state index contributed by atoms with van der Waals surface area (Å²) in [4.78, 5) is 22.2. The van der Waals surface area contributed by atoms with Gasteiger partial charge in [0, 0.05) is 5.56 Å². The number of ether oxygens (including phenoxy) is 1. The summed E-state index contributed by atoms with van der Waals surface area (Å²) >= 11 is 0. The number of benzene rings is 1. The molecule has 1 rings (SSSR count). The second kappa shape index (κ2) is 4.73. The minimum atomic E-state index is -0.152. The zero-order valence-electron chi connectivity index (χ0n) is 9.16. The molecule has 0 aliphatic carbocycles. The zero-order chi connectivity index (χ0) is 11.4. The van der Waals surface area contributed by atoms with Gasteiger partial charge in [-0.1, -0.05) is 0 Å². The Morgan fingerprint density at radius 2 is 2.13 bits per heavy atom. The van der Waals surface area contributed by atoms with Gasteiger partial charge in [0.1, 0.15) is 5.75 Å². The first-order valence-corrected chi connectivity index (χ1v) is 4.83. The molecule has 3 nitrogen and oxygen atoms in total. The Hall–Kier alpha value is -1.64. The fourth-order valence-corrected chi connectivity index (χ4v) is 1.52. The Labute approximate surface area is 89.1 Å². The number of rotatable bonds is 4. The number of carbonyl (C=O) groups excluding carboxylic acids is 2. The lowest BCUT2D eigenvalue weighted by atomic mass is 10.0. The van der Waals surface area contributed by atoms with Crippen molar-refractivity contribution in [2.24, 2.45) is 0 Å². The third-order valence-corrected chi connectivity index (χ3v) is 2.06. The fraction of sp³-hybridized carbons (Fsp3) is 0.333. The van der Waals surface area contributed by atoms with E-state index in [2.05, 4.69) is 0 Å². The van der Waals surface area contributed by atoms with Crippen LogP contribution in [0, 0.1) is 6.92 Å². The third-order valence-electron chi connectivity index (χ3n) is 2.06. The van der Waals surface area contributed by atoms with E-state index in [-0.39, 0.29) is 5.78 Å². The fourth-order valence-electron chi connectivity index (χ4n) is 1.52. The van der Waals surface area contributed by atoms with Crippen LogP contribution in [0.25, 0.3) is 0 Å². The first-order valence-electron chi connectivity index (χ1n) is 4.83. The molecule has 0 saturated carbocycles. The average Bonchev–Trinajstić information content (AvgIpc) is 2.16. The molecule has 0 radical (unpaired) electrons. The molecule has 0 fully saturated rings. The van der Waals surface area contributed by atoms with Crippen molar-refractivity contribution < 1.29 is 14.3 Å². The molecule has 80 valence electrons. The average molecular weight is 206 g/mol. The van der Waals surface area contributed by atoms with Crippen molar-refractivity contribution in [1.29, 1.82) is 0 Å². The number of ketones is 1. The second-order valence-electron chi connectivity index (χ2n) is 3.33. The van der Waals surface area contributed by atoms with E-state index in [1.807, 2.05) is 13.8 Å². The van der Waals surface area contributed by atoms with Gasteiger partial charge in [-0.2, -0.15) is 0 Å². The van der Waals surface area contributed by atoms with Crippen LogP contribution in [0.3, 0.4) is 0 Å². The number of Topliss-reactive ketones (excluding diaryl/α,β-unsaturated/α-hetero) is 1. The van der Waals surface area contributed by atoms with Gasteiger partial charge in [0.2, 0.25) is 0 Å². The van der Waals surface area contributed by atoms with Gasteiger partial charge in [-0.25, -0.2) is 0 Å². The van der Waals surface area contributed by atoms with Crippen molar-refractivity contribution in [3.8, 4) is 5.75 Å². The van der Waals surface area contributed by atoms with Crippen molar-refractivity contribution in [2.45, 2.75) is 20.8 Å². The van der Waals surface area contributed by atoms with Gasteiger partial charge in [0.25, 0.3) is 0 Å². The van der Waals surface area contributed by atoms with Crippen molar-refractivity contribution in [3.05, 3.63) is 28.8 Å². The SMILES string of the molecule is CCOc1cc(C)cc(C=O)c1C(C)=O. The van der Waals surface area contributed by atoms with Gasteiger partial charge in [0.15, 0.2) is 12.1 Å². The summed E-state index contributed by atoms with van der Waals surface area (Å²) in [5.41, 5.74) is 1.67. The Kier molecular flexibility index (Phi) is 3.61. The highest BCUT2D eigenvalue weighted by atomic mass is 16.5. The van der Waals surface area contributed by atoms with Crippen molar-refractivity contribution >= 4 is 12.1 Å². The van der Waals surface area contributed by atoms with Crippen LogP contribution < -0.4 is 4.74 Å². The van der Waals surface area contributed by atoms with Gasteiger partial charge < -0.3 is 4.74 Å². The predicted octanol–water partition coefficient (Wildman–Crippen LogP) is 2.41. The summed E-state index contributed by atoms with van der Waals surface area (Å²) in [6.07, 6.45) is 0.687. The van der Waals surface area contributed by atoms with Crippen LogP contribution in [0.5, 0.6) is 5.75 Å². The van der Waals surface area contributed by atoms with E-state index in [0.29, 0.717) is 29.8 Å². The summed E-state index contributed by atoms with van der Waals surface area (Å²) in [6, 6.07) is 3.46. The number of hydrogen-bond donors (Lipinski definition) is 0. The van der Waals surface area contributed by atoms with Crippen LogP contribution in [-0.4, -0.2) is 18.7 Å². The molecule has 0 aromatic heterocycles. The minimum absolute atomic E-state index is 0.152. The van der Waals surface area contributed by atoms with E-state index < -0.39 is 0 Å². The van der Waals surface area contributed by atoms with E-state index in [1.54, 1.807) is 12.1 Å². The van der Waals surface area contributed by atoms with E-state index in [4.69, 9.17) is 4.74 Å². The molecule has 3 heteroatoms. The summed E-state index contributed by atoms with van der Waals surface area (Å²) in [7, 11) is 0. The maximum Gasteiger partial charge on any atom is 0.164 e. The van der Waals surface area contributed by atoms with Gasteiger partial charge in [-0.05, 0) is 38.5 Å². The van der Waals surface area contributed by atoms with E-state index >= 15 is 0 Å². The quantitative estimate of drug-likeness (QED) is 0.561. The molecule has 0 atom stereocenters. The molecule has 0 unspecified atom stereocenters. The summed E-state index contributed by atoms with van der Waals surface area (Å²) in [6.45, 7) is 5.61. The maximum absolute atomic E-state index is 11.4. The molecule has 0 spiro atoms. The Morgan fingerprint density at radius 1 is 1.47 bits per heavy atom. The van der Waals surface area contributed by atoms with Crippen LogP contribution in [0.4, 0.5) is 0 Å². The normalized spacial score (nSPS) is 9.80. The molecule has 15 heavy (non-hydrogen) atoms. The van der Waals surface area contributed by atoms with E-state index in [0.717, 1.165) is 5.56 Å². The first-order chi connectivity index (χ1) is 7.10. The molecule has 0 aliphatic heterocycles. The highest BCUT2D eigenvalue weighted by Gasteiger charge is 2.14. The summed E-state index contributed by atoms with van der Waals surface area (Å²) < 4.78 is 5.34. The lowest BCUT2D eigenvalue weighted by Gasteiger charge is -2.11. The number of aldehydes is 1. The van der Waals surface area contributed by atoms with Crippen LogP contribution >= 0.6 is 0 Å². The topological polar surface area (TPSA) is 43.4 Å². The first kappa shape index (κ1) is 11.4. The molecule has 1 aromatic rings. The minimum Gasteiger partial charge on any atom is -0.493 e. The monoisotopic (exact) mass is 206 g/mol. The van der Waals surface area contributed by atoms with E-state index in [1.165, 1.54) is 6.92 Å². The van der Waals surface area contributed by atoms with Crippen LogP contribution in [0.2, 0.25) is 0 Å². The third kappa shape index (κ3) is 2.43. The van der Waals surface area contributed by atoms with Crippen molar-refractivity contribution in [3.63, 3.8) is 0 Å². The van der Waals surface area contributed by atoms with Gasteiger partial charge >= 0.3 is 0 Å². The van der Waals surface area contributed by atoms with Crippen LogP contribution in [0.15, 0.2) is 12.1 Å². The smallest absolute Gasteiger partial charge is 0.164 e. The highest BCUT2D eigenvalue weighted by Crippen LogP contribution is 2.24. The second-order valence-corrected chi connectivity index (χ2v) is 3.33. The molecular formula is C12H14O3. The summed E-state index contributed by atoms with van der Waals surface area (Å²) in [5.74, 6) is 0.340. The Balaban J connectivity index is 3.39. The molecule has 1 aromatic carbocycles. The van der Waals surface area contributed by atoms with E-state index in [9.17, 15) is 9.59 Å². The zero-order valence-corrected chi connectivity index (χ0v) is 9.16. The highest BCUT2D eigenvalue weighted by molar-refractivity contribution is 6.04. The molecule has 0 heterocycles. The Bertz CT molecular complexity index is 394. The maximum atomic E-state index is 11.4.